The molecule has 0 spiro atoms. The molecular weight excluding hydrogens is 324 g/mol. The maximum Gasteiger partial charge on any atom is 0.270 e. The molecule has 132 valence electrons. The fraction of sp³-hybridized carbons (Fsp3) is 0.368. The van der Waals surface area contributed by atoms with Crippen LogP contribution in [-0.2, 0) is 6.54 Å². The normalized spacial score (nSPS) is 16.0. The number of hydrogen-bond acceptors (Lipinski definition) is 3. The van der Waals surface area contributed by atoms with E-state index in [9.17, 15) is 13.6 Å². The van der Waals surface area contributed by atoms with Gasteiger partial charge in [0, 0.05) is 31.4 Å². The number of benzene rings is 1. The quantitative estimate of drug-likeness (QED) is 0.926. The molecule has 1 aromatic heterocycles. The summed E-state index contributed by atoms with van der Waals surface area (Å²) < 4.78 is 26.3. The van der Waals surface area contributed by atoms with Crippen LogP contribution in [0.4, 0.5) is 8.78 Å². The first-order chi connectivity index (χ1) is 12.0. The molecule has 1 aromatic carbocycles. The van der Waals surface area contributed by atoms with Gasteiger partial charge in [-0.1, -0.05) is 12.1 Å². The molecule has 1 saturated heterocycles. The van der Waals surface area contributed by atoms with Crippen molar-refractivity contribution in [3.63, 3.8) is 0 Å². The molecule has 2 heterocycles. The highest BCUT2D eigenvalue weighted by Crippen LogP contribution is 2.16. The Kier molecular flexibility index (Phi) is 5.38. The van der Waals surface area contributed by atoms with Crippen molar-refractivity contribution in [3.05, 3.63) is 65.0 Å². The summed E-state index contributed by atoms with van der Waals surface area (Å²) in [6.07, 6.45) is 1.64. The fourth-order valence-corrected chi connectivity index (χ4v) is 3.06. The van der Waals surface area contributed by atoms with E-state index in [0.717, 1.165) is 43.3 Å². The molecule has 0 bridgehead atoms. The van der Waals surface area contributed by atoms with Gasteiger partial charge in [-0.2, -0.15) is 0 Å². The topological polar surface area (TPSA) is 45.2 Å². The van der Waals surface area contributed by atoms with Crippen molar-refractivity contribution < 1.29 is 13.6 Å². The highest BCUT2D eigenvalue weighted by Gasteiger charge is 2.22. The lowest BCUT2D eigenvalue weighted by molar-refractivity contribution is 0.0903. The first-order valence-electron chi connectivity index (χ1n) is 8.42. The summed E-state index contributed by atoms with van der Waals surface area (Å²) in [7, 11) is 0. The number of likely N-dealkylation sites (tertiary alicyclic amines) is 1. The molecule has 1 N–H and O–H groups in total. The summed E-state index contributed by atoms with van der Waals surface area (Å²) >= 11 is 0. The summed E-state index contributed by atoms with van der Waals surface area (Å²) in [6, 6.07) is 9.50. The molecule has 4 nitrogen and oxygen atoms in total. The summed E-state index contributed by atoms with van der Waals surface area (Å²) in [4.78, 5) is 18.7. The van der Waals surface area contributed by atoms with Crippen molar-refractivity contribution in [1.29, 1.82) is 0 Å². The Morgan fingerprint density at radius 1 is 1.20 bits per heavy atom. The summed E-state index contributed by atoms with van der Waals surface area (Å²) in [6.45, 7) is 4.03. The van der Waals surface area contributed by atoms with E-state index in [-0.39, 0.29) is 11.9 Å². The van der Waals surface area contributed by atoms with Gasteiger partial charge in [0.1, 0.15) is 5.69 Å². The third kappa shape index (κ3) is 4.60. The lowest BCUT2D eigenvalue weighted by atomic mass is 10.0. The molecule has 0 radical (unpaired) electrons. The average molecular weight is 345 g/mol. The van der Waals surface area contributed by atoms with Crippen molar-refractivity contribution in [3.8, 4) is 0 Å². The Balaban J connectivity index is 1.50. The van der Waals surface area contributed by atoms with E-state index < -0.39 is 11.6 Å². The molecule has 0 unspecified atom stereocenters. The summed E-state index contributed by atoms with van der Waals surface area (Å²) in [5.41, 5.74) is 2.00. The molecule has 0 aliphatic carbocycles. The van der Waals surface area contributed by atoms with Crippen LogP contribution in [0, 0.1) is 18.6 Å². The maximum atomic E-state index is 13.3. The van der Waals surface area contributed by atoms with Crippen molar-refractivity contribution >= 4 is 5.91 Å². The van der Waals surface area contributed by atoms with Crippen molar-refractivity contribution in [2.45, 2.75) is 32.4 Å². The van der Waals surface area contributed by atoms with Gasteiger partial charge in [0.15, 0.2) is 11.6 Å². The second kappa shape index (κ2) is 7.70. The Morgan fingerprint density at radius 3 is 2.64 bits per heavy atom. The number of nitrogens with zero attached hydrogens (tertiary/aromatic N) is 2. The molecule has 2 aromatic rings. The lowest BCUT2D eigenvalue weighted by Crippen LogP contribution is -2.44. The molecule has 3 rings (SSSR count). The second-order valence-corrected chi connectivity index (χ2v) is 6.44. The predicted molar refractivity (Wildman–Crippen MR) is 91.1 cm³/mol. The highest BCUT2D eigenvalue weighted by molar-refractivity contribution is 5.92. The van der Waals surface area contributed by atoms with Crippen LogP contribution < -0.4 is 5.32 Å². The number of halogens is 2. The van der Waals surface area contributed by atoms with Crippen LogP contribution in [0.5, 0.6) is 0 Å². The number of rotatable bonds is 4. The Labute approximate surface area is 145 Å². The van der Waals surface area contributed by atoms with E-state index in [1.807, 2.05) is 19.1 Å². The van der Waals surface area contributed by atoms with Gasteiger partial charge >= 0.3 is 0 Å². The van der Waals surface area contributed by atoms with Crippen molar-refractivity contribution in [2.24, 2.45) is 0 Å². The standard InChI is InChI=1S/C19H21F2N3O/c1-13-3-2-4-18(22-13)19(25)23-15-7-9-24(10-8-15)12-14-5-6-16(20)17(21)11-14/h2-6,11,15H,7-10,12H2,1H3,(H,23,25). The van der Waals surface area contributed by atoms with Gasteiger partial charge in [-0.3, -0.25) is 9.69 Å². The number of aromatic nitrogens is 1. The number of piperidine rings is 1. The fourth-order valence-electron chi connectivity index (χ4n) is 3.06. The Bertz CT molecular complexity index is 758. The van der Waals surface area contributed by atoms with E-state index in [2.05, 4.69) is 15.2 Å². The van der Waals surface area contributed by atoms with Crippen molar-refractivity contribution in [2.75, 3.05) is 13.1 Å². The van der Waals surface area contributed by atoms with Crippen LogP contribution in [0.1, 0.15) is 34.6 Å². The van der Waals surface area contributed by atoms with Gasteiger partial charge in [0.05, 0.1) is 0 Å². The summed E-state index contributed by atoms with van der Waals surface area (Å²) in [5, 5.41) is 3.03. The number of pyridine rings is 1. The third-order valence-corrected chi connectivity index (χ3v) is 4.43. The first kappa shape index (κ1) is 17.5. The first-order valence-corrected chi connectivity index (χ1v) is 8.42. The van der Waals surface area contributed by atoms with Gasteiger partial charge in [0.25, 0.3) is 5.91 Å². The van der Waals surface area contributed by atoms with E-state index >= 15 is 0 Å². The van der Waals surface area contributed by atoms with Crippen LogP contribution in [0.2, 0.25) is 0 Å². The molecule has 6 heteroatoms. The highest BCUT2D eigenvalue weighted by atomic mass is 19.2. The number of aryl methyl sites for hydroxylation is 1. The van der Waals surface area contributed by atoms with Crippen LogP contribution >= 0.6 is 0 Å². The van der Waals surface area contributed by atoms with Crippen LogP contribution in [-0.4, -0.2) is 34.9 Å². The molecule has 1 fully saturated rings. The molecule has 1 amide bonds. The van der Waals surface area contributed by atoms with Crippen molar-refractivity contribution in [1.82, 2.24) is 15.2 Å². The lowest BCUT2D eigenvalue weighted by Gasteiger charge is -2.32. The van der Waals surface area contributed by atoms with Gasteiger partial charge in [-0.15, -0.1) is 0 Å². The molecule has 25 heavy (non-hydrogen) atoms. The molecule has 0 saturated carbocycles. The molecular formula is C19H21F2N3O. The van der Waals surface area contributed by atoms with Gasteiger partial charge < -0.3 is 5.32 Å². The zero-order valence-corrected chi connectivity index (χ0v) is 14.1. The Morgan fingerprint density at radius 2 is 1.96 bits per heavy atom. The van der Waals surface area contributed by atoms with Crippen LogP contribution in [0.15, 0.2) is 36.4 Å². The number of hydrogen-bond donors (Lipinski definition) is 1. The number of carbonyl (C=O) groups excluding carboxylic acids is 1. The zero-order chi connectivity index (χ0) is 17.8. The number of nitrogens with one attached hydrogen (secondary N) is 1. The zero-order valence-electron chi connectivity index (χ0n) is 14.1. The van der Waals surface area contributed by atoms with Crippen LogP contribution in [0.25, 0.3) is 0 Å². The predicted octanol–water partition coefficient (Wildman–Crippen LogP) is 3.06. The minimum absolute atomic E-state index is 0.107. The van der Waals surface area contributed by atoms with Gasteiger partial charge in [-0.25, -0.2) is 13.8 Å². The second-order valence-electron chi connectivity index (χ2n) is 6.44. The average Bonchev–Trinajstić information content (AvgIpc) is 2.60. The molecule has 0 atom stereocenters. The third-order valence-electron chi connectivity index (χ3n) is 4.43. The van der Waals surface area contributed by atoms with Crippen LogP contribution in [0.3, 0.4) is 0 Å². The Hall–Kier alpha value is -2.34. The minimum atomic E-state index is -0.824. The molecule has 1 aliphatic rings. The maximum absolute atomic E-state index is 13.3. The van der Waals surface area contributed by atoms with E-state index in [4.69, 9.17) is 0 Å². The van der Waals surface area contributed by atoms with Gasteiger partial charge in [-0.05, 0) is 49.6 Å². The van der Waals surface area contributed by atoms with E-state index in [0.29, 0.717) is 12.2 Å². The largest absolute Gasteiger partial charge is 0.348 e. The van der Waals surface area contributed by atoms with Gasteiger partial charge in [0.2, 0.25) is 0 Å². The smallest absolute Gasteiger partial charge is 0.270 e. The monoisotopic (exact) mass is 345 g/mol. The number of carbonyl (C=O) groups is 1. The SMILES string of the molecule is Cc1cccc(C(=O)NC2CCN(Cc3ccc(F)c(F)c3)CC2)n1. The van der Waals surface area contributed by atoms with E-state index in [1.165, 1.54) is 6.07 Å². The minimum Gasteiger partial charge on any atom is -0.348 e. The number of amides is 1. The molecule has 1 aliphatic heterocycles. The van der Waals surface area contributed by atoms with E-state index in [1.54, 1.807) is 12.1 Å². The summed E-state index contributed by atoms with van der Waals surface area (Å²) in [5.74, 6) is -1.79.